The molecular weight excluding hydrogens is 156 g/mol. The van der Waals surface area contributed by atoms with E-state index in [4.69, 9.17) is 4.74 Å². The lowest BCUT2D eigenvalue weighted by Crippen LogP contribution is -2.38. The summed E-state index contributed by atoms with van der Waals surface area (Å²) < 4.78 is 5.16. The Kier molecular flexibility index (Phi) is 2.92. The highest BCUT2D eigenvalue weighted by Gasteiger charge is 2.26. The number of rotatable bonds is 1. The second kappa shape index (κ2) is 3.76. The predicted molar refractivity (Wildman–Crippen MR) is 46.1 cm³/mol. The van der Waals surface area contributed by atoms with Crippen LogP contribution in [-0.2, 0) is 4.74 Å². The fourth-order valence-electron chi connectivity index (χ4n) is 1.38. The Morgan fingerprint density at radius 2 is 2.25 bits per heavy atom. The van der Waals surface area contributed by atoms with Gasteiger partial charge in [-0.2, -0.15) is 0 Å². The molecule has 0 aromatic heterocycles. The molecule has 0 saturated carbocycles. The minimum Gasteiger partial charge on any atom is -0.380 e. The minimum absolute atomic E-state index is 0.0783. The molecule has 1 fully saturated rings. The second-order valence-corrected chi connectivity index (χ2v) is 3.27. The number of likely N-dealkylation sites (tertiary alicyclic amines) is 1. The molecule has 0 spiro atoms. The van der Waals surface area contributed by atoms with E-state index in [1.165, 1.54) is 0 Å². The van der Waals surface area contributed by atoms with Crippen LogP contribution in [0.5, 0.6) is 0 Å². The van der Waals surface area contributed by atoms with E-state index in [1.54, 1.807) is 26.1 Å². The number of carbonyl (C=O) groups is 1. The fraction of sp³-hybridized carbons (Fsp3) is 0.875. The summed E-state index contributed by atoms with van der Waals surface area (Å²) in [5.74, 6) is 0. The lowest BCUT2D eigenvalue weighted by Gasteiger charge is -2.20. The van der Waals surface area contributed by atoms with Crippen LogP contribution in [0.4, 0.5) is 4.79 Å². The lowest BCUT2D eigenvalue weighted by molar-refractivity contribution is 0.108. The first-order valence-corrected chi connectivity index (χ1v) is 4.14. The van der Waals surface area contributed by atoms with Crippen LogP contribution in [0.25, 0.3) is 0 Å². The van der Waals surface area contributed by atoms with Crippen LogP contribution < -0.4 is 0 Å². The van der Waals surface area contributed by atoms with E-state index >= 15 is 0 Å². The van der Waals surface area contributed by atoms with Crippen LogP contribution in [0.15, 0.2) is 0 Å². The highest BCUT2D eigenvalue weighted by atomic mass is 16.5. The van der Waals surface area contributed by atoms with Crippen LogP contribution in [-0.4, -0.2) is 56.2 Å². The summed E-state index contributed by atoms with van der Waals surface area (Å²) in [6.45, 7) is 1.54. The number of ether oxygens (including phenoxy) is 1. The second-order valence-electron chi connectivity index (χ2n) is 3.27. The minimum atomic E-state index is 0.0783. The quantitative estimate of drug-likeness (QED) is 0.573. The molecule has 0 bridgehead atoms. The van der Waals surface area contributed by atoms with Crippen molar-refractivity contribution in [3.8, 4) is 0 Å². The zero-order valence-corrected chi connectivity index (χ0v) is 7.91. The predicted octanol–water partition coefficient (Wildman–Crippen LogP) is 0.389. The van der Waals surface area contributed by atoms with Crippen molar-refractivity contribution in [1.29, 1.82) is 0 Å². The van der Waals surface area contributed by atoms with Gasteiger partial charge in [0.25, 0.3) is 0 Å². The monoisotopic (exact) mass is 172 g/mol. The normalized spacial score (nSPS) is 22.9. The molecule has 1 aliphatic heterocycles. The Morgan fingerprint density at radius 1 is 1.58 bits per heavy atom. The molecule has 1 aliphatic rings. The van der Waals surface area contributed by atoms with Gasteiger partial charge in [-0.25, -0.2) is 4.79 Å². The van der Waals surface area contributed by atoms with Crippen LogP contribution in [0.1, 0.15) is 6.42 Å². The van der Waals surface area contributed by atoms with Crippen LogP contribution in [0.2, 0.25) is 0 Å². The van der Waals surface area contributed by atoms with Crippen LogP contribution >= 0.6 is 0 Å². The van der Waals surface area contributed by atoms with Gasteiger partial charge in [0.1, 0.15) is 0 Å². The van der Waals surface area contributed by atoms with Gasteiger partial charge in [-0.1, -0.05) is 0 Å². The average molecular weight is 172 g/mol. The van der Waals surface area contributed by atoms with Crippen molar-refractivity contribution in [3.05, 3.63) is 0 Å². The standard InChI is InChI=1S/C8H16N2O2/c1-9(2)8(11)10-5-4-7(6-10)12-3/h7H,4-6H2,1-3H3/t7-/m0/s1. The summed E-state index contributed by atoms with van der Waals surface area (Å²) in [6, 6.07) is 0.0783. The topological polar surface area (TPSA) is 32.8 Å². The van der Waals surface area contributed by atoms with Crippen molar-refractivity contribution in [2.45, 2.75) is 12.5 Å². The molecule has 0 aliphatic carbocycles. The summed E-state index contributed by atoms with van der Waals surface area (Å²) in [5.41, 5.74) is 0. The molecule has 70 valence electrons. The first-order valence-electron chi connectivity index (χ1n) is 4.14. The molecule has 1 atom stereocenters. The Balaban J connectivity index is 2.41. The molecule has 0 aromatic carbocycles. The third-order valence-electron chi connectivity index (χ3n) is 2.13. The average Bonchev–Trinajstić information content (AvgIpc) is 2.50. The zero-order chi connectivity index (χ0) is 9.14. The Morgan fingerprint density at radius 3 is 2.67 bits per heavy atom. The Bertz CT molecular complexity index is 170. The number of hydrogen-bond donors (Lipinski definition) is 0. The van der Waals surface area contributed by atoms with E-state index < -0.39 is 0 Å². The fourth-order valence-corrected chi connectivity index (χ4v) is 1.38. The van der Waals surface area contributed by atoms with Gasteiger partial charge >= 0.3 is 6.03 Å². The van der Waals surface area contributed by atoms with Crippen LogP contribution in [0, 0.1) is 0 Å². The summed E-state index contributed by atoms with van der Waals surface area (Å²) in [6.07, 6.45) is 1.18. The molecule has 4 heteroatoms. The molecule has 2 amide bonds. The Hall–Kier alpha value is -0.770. The smallest absolute Gasteiger partial charge is 0.319 e. The number of methoxy groups -OCH3 is 1. The third kappa shape index (κ3) is 1.88. The molecular formula is C8H16N2O2. The van der Waals surface area contributed by atoms with Gasteiger partial charge in [0.15, 0.2) is 0 Å². The third-order valence-corrected chi connectivity index (χ3v) is 2.13. The maximum Gasteiger partial charge on any atom is 0.319 e. The maximum absolute atomic E-state index is 11.4. The summed E-state index contributed by atoms with van der Waals surface area (Å²) in [7, 11) is 5.22. The van der Waals surface area contributed by atoms with Crippen molar-refractivity contribution >= 4 is 6.03 Å². The molecule has 12 heavy (non-hydrogen) atoms. The van der Waals surface area contributed by atoms with E-state index in [-0.39, 0.29) is 12.1 Å². The van der Waals surface area contributed by atoms with Gasteiger partial charge in [0, 0.05) is 34.3 Å². The van der Waals surface area contributed by atoms with Crippen molar-refractivity contribution in [2.75, 3.05) is 34.3 Å². The number of hydrogen-bond acceptors (Lipinski definition) is 2. The maximum atomic E-state index is 11.4. The van der Waals surface area contributed by atoms with Crippen molar-refractivity contribution in [2.24, 2.45) is 0 Å². The molecule has 1 heterocycles. The molecule has 4 nitrogen and oxygen atoms in total. The van der Waals surface area contributed by atoms with Gasteiger partial charge in [0.05, 0.1) is 6.10 Å². The molecule has 1 saturated heterocycles. The Labute approximate surface area is 73.1 Å². The van der Waals surface area contributed by atoms with Crippen molar-refractivity contribution in [1.82, 2.24) is 9.80 Å². The number of nitrogens with zero attached hydrogens (tertiary/aromatic N) is 2. The van der Waals surface area contributed by atoms with E-state index in [9.17, 15) is 4.79 Å². The number of urea groups is 1. The van der Waals surface area contributed by atoms with Gasteiger partial charge in [-0.15, -0.1) is 0 Å². The van der Waals surface area contributed by atoms with Crippen molar-refractivity contribution in [3.63, 3.8) is 0 Å². The largest absolute Gasteiger partial charge is 0.380 e. The highest BCUT2D eigenvalue weighted by Crippen LogP contribution is 2.12. The van der Waals surface area contributed by atoms with Crippen LogP contribution in [0.3, 0.4) is 0 Å². The highest BCUT2D eigenvalue weighted by molar-refractivity contribution is 5.74. The SMILES string of the molecule is CO[C@H]1CCN(C(=O)N(C)C)C1. The zero-order valence-electron chi connectivity index (χ0n) is 7.91. The molecule has 0 radical (unpaired) electrons. The number of carbonyl (C=O) groups excluding carboxylic acids is 1. The number of amides is 2. The summed E-state index contributed by atoms with van der Waals surface area (Å²) in [4.78, 5) is 14.8. The van der Waals surface area contributed by atoms with Gasteiger partial charge in [-0.05, 0) is 6.42 Å². The summed E-state index contributed by atoms with van der Waals surface area (Å²) in [5, 5.41) is 0. The van der Waals surface area contributed by atoms with E-state index in [2.05, 4.69) is 0 Å². The van der Waals surface area contributed by atoms with Gasteiger partial charge in [0.2, 0.25) is 0 Å². The van der Waals surface area contributed by atoms with E-state index in [0.717, 1.165) is 19.5 Å². The molecule has 1 rings (SSSR count). The first kappa shape index (κ1) is 9.32. The van der Waals surface area contributed by atoms with E-state index in [1.807, 2.05) is 4.90 Å². The van der Waals surface area contributed by atoms with Gasteiger partial charge < -0.3 is 14.5 Å². The van der Waals surface area contributed by atoms with E-state index in [0.29, 0.717) is 0 Å². The van der Waals surface area contributed by atoms with Gasteiger partial charge in [-0.3, -0.25) is 0 Å². The molecule has 0 N–H and O–H groups in total. The lowest BCUT2D eigenvalue weighted by atomic mass is 10.3. The first-order chi connectivity index (χ1) is 5.65. The molecule has 0 unspecified atom stereocenters. The molecule has 0 aromatic rings. The summed E-state index contributed by atoms with van der Waals surface area (Å²) >= 11 is 0. The van der Waals surface area contributed by atoms with Crippen molar-refractivity contribution < 1.29 is 9.53 Å².